The molecule has 1 atom stereocenters. The van der Waals surface area contributed by atoms with Crippen LogP contribution in [0.5, 0.6) is 5.75 Å². The number of nitrogens with zero attached hydrogens (tertiary/aromatic N) is 1. The van der Waals surface area contributed by atoms with E-state index in [1.165, 1.54) is 0 Å². The van der Waals surface area contributed by atoms with E-state index in [1.54, 1.807) is 22.3 Å². The summed E-state index contributed by atoms with van der Waals surface area (Å²) in [5.41, 5.74) is 0.615. The molecule has 0 bridgehead atoms. The van der Waals surface area contributed by atoms with Crippen LogP contribution in [0.25, 0.3) is 0 Å². The highest BCUT2D eigenvalue weighted by molar-refractivity contribution is 7.09. The van der Waals surface area contributed by atoms with Gasteiger partial charge in [-0.1, -0.05) is 18.2 Å². The molecule has 26 heavy (non-hydrogen) atoms. The van der Waals surface area contributed by atoms with Crippen LogP contribution in [0.3, 0.4) is 0 Å². The Hall–Kier alpha value is -2.54. The van der Waals surface area contributed by atoms with Gasteiger partial charge in [-0.05, 0) is 43.3 Å². The van der Waals surface area contributed by atoms with Crippen molar-refractivity contribution in [3.05, 3.63) is 46.7 Å². The summed E-state index contributed by atoms with van der Waals surface area (Å²) in [6.45, 7) is 3.48. The van der Waals surface area contributed by atoms with E-state index in [-0.39, 0.29) is 11.9 Å². The first-order valence-corrected chi connectivity index (χ1v) is 9.66. The third kappa shape index (κ3) is 4.35. The molecule has 3 amide bonds. The number of rotatable bonds is 6. The molecule has 6 nitrogen and oxygen atoms in total. The zero-order chi connectivity index (χ0) is 18.4. The lowest BCUT2D eigenvalue weighted by atomic mass is 10.2. The first-order chi connectivity index (χ1) is 12.7. The Morgan fingerprint density at radius 3 is 2.88 bits per heavy atom. The molecule has 0 spiro atoms. The number of para-hydroxylation sites is 2. The second-order valence-corrected chi connectivity index (χ2v) is 7.04. The first-order valence-electron chi connectivity index (χ1n) is 8.78. The molecule has 1 aromatic carbocycles. The number of amides is 3. The topological polar surface area (TPSA) is 70.7 Å². The van der Waals surface area contributed by atoms with Crippen molar-refractivity contribution < 1.29 is 14.3 Å². The van der Waals surface area contributed by atoms with Crippen LogP contribution in [0.15, 0.2) is 41.8 Å². The molecule has 0 saturated carbocycles. The smallest absolute Gasteiger partial charge is 0.322 e. The SMILES string of the molecule is CCOc1ccccc1NC(=O)N1CCC[C@@H]1C(=O)NCc1cccs1. The molecule has 1 aromatic heterocycles. The molecule has 3 rings (SSSR count). The van der Waals surface area contributed by atoms with E-state index < -0.39 is 6.04 Å². The summed E-state index contributed by atoms with van der Waals surface area (Å²) in [5.74, 6) is 0.519. The van der Waals surface area contributed by atoms with E-state index in [0.717, 1.165) is 11.3 Å². The van der Waals surface area contributed by atoms with Gasteiger partial charge >= 0.3 is 6.03 Å². The number of carbonyl (C=O) groups excluding carboxylic acids is 2. The van der Waals surface area contributed by atoms with Gasteiger partial charge in [-0.3, -0.25) is 4.79 Å². The number of benzene rings is 1. The lowest BCUT2D eigenvalue weighted by Crippen LogP contribution is -2.47. The van der Waals surface area contributed by atoms with Gasteiger partial charge in [-0.25, -0.2) is 4.79 Å². The number of anilines is 1. The number of hydrogen-bond acceptors (Lipinski definition) is 4. The highest BCUT2D eigenvalue weighted by atomic mass is 32.1. The minimum absolute atomic E-state index is 0.107. The van der Waals surface area contributed by atoms with Gasteiger partial charge in [0.1, 0.15) is 11.8 Å². The van der Waals surface area contributed by atoms with Gasteiger partial charge in [-0.15, -0.1) is 11.3 Å². The highest BCUT2D eigenvalue weighted by Crippen LogP contribution is 2.26. The Morgan fingerprint density at radius 1 is 1.27 bits per heavy atom. The fraction of sp³-hybridized carbons (Fsp3) is 0.368. The monoisotopic (exact) mass is 373 g/mol. The molecular formula is C19H23N3O3S. The average Bonchev–Trinajstić information content (AvgIpc) is 3.33. The predicted octanol–water partition coefficient (Wildman–Crippen LogP) is 3.46. The Bertz CT molecular complexity index is 748. The maximum atomic E-state index is 12.7. The van der Waals surface area contributed by atoms with Crippen molar-refractivity contribution >= 4 is 29.0 Å². The van der Waals surface area contributed by atoms with Gasteiger partial charge in [0.15, 0.2) is 0 Å². The number of hydrogen-bond donors (Lipinski definition) is 2. The Kier molecular flexibility index (Phi) is 6.12. The van der Waals surface area contributed by atoms with Crippen LogP contribution in [-0.2, 0) is 11.3 Å². The number of urea groups is 1. The maximum absolute atomic E-state index is 12.7. The van der Waals surface area contributed by atoms with E-state index in [9.17, 15) is 9.59 Å². The highest BCUT2D eigenvalue weighted by Gasteiger charge is 2.34. The molecule has 2 heterocycles. The summed E-state index contributed by atoms with van der Waals surface area (Å²) in [4.78, 5) is 27.9. The van der Waals surface area contributed by atoms with Crippen molar-refractivity contribution in [2.45, 2.75) is 32.4 Å². The van der Waals surface area contributed by atoms with Crippen molar-refractivity contribution in [3.63, 3.8) is 0 Å². The van der Waals surface area contributed by atoms with Crippen LogP contribution in [0, 0.1) is 0 Å². The summed E-state index contributed by atoms with van der Waals surface area (Å²) >= 11 is 1.60. The summed E-state index contributed by atoms with van der Waals surface area (Å²) in [6.07, 6.45) is 1.49. The Balaban J connectivity index is 1.62. The number of nitrogens with one attached hydrogen (secondary N) is 2. The number of thiophene rings is 1. The van der Waals surface area contributed by atoms with E-state index >= 15 is 0 Å². The van der Waals surface area contributed by atoms with Gasteiger partial charge in [0.25, 0.3) is 0 Å². The molecule has 1 fully saturated rings. The Labute approximate surface area is 157 Å². The van der Waals surface area contributed by atoms with Crippen LogP contribution in [0.2, 0.25) is 0 Å². The predicted molar refractivity (Wildman–Crippen MR) is 103 cm³/mol. The number of likely N-dealkylation sites (tertiary alicyclic amines) is 1. The minimum Gasteiger partial charge on any atom is -0.492 e. The van der Waals surface area contributed by atoms with Crippen LogP contribution in [-0.4, -0.2) is 36.0 Å². The van der Waals surface area contributed by atoms with Crippen LogP contribution in [0.4, 0.5) is 10.5 Å². The quantitative estimate of drug-likeness (QED) is 0.815. The van der Waals surface area contributed by atoms with Gasteiger partial charge in [-0.2, -0.15) is 0 Å². The Morgan fingerprint density at radius 2 is 2.12 bits per heavy atom. The first kappa shape index (κ1) is 18.3. The third-order valence-corrected chi connectivity index (χ3v) is 5.14. The molecule has 1 saturated heterocycles. The van der Waals surface area contributed by atoms with Gasteiger partial charge in [0, 0.05) is 11.4 Å². The zero-order valence-electron chi connectivity index (χ0n) is 14.7. The third-order valence-electron chi connectivity index (χ3n) is 4.26. The summed E-state index contributed by atoms with van der Waals surface area (Å²) in [7, 11) is 0. The molecule has 138 valence electrons. The second kappa shape index (κ2) is 8.71. The molecular weight excluding hydrogens is 350 g/mol. The van der Waals surface area contributed by atoms with Crippen molar-refractivity contribution in [1.82, 2.24) is 10.2 Å². The van der Waals surface area contributed by atoms with E-state index in [0.29, 0.717) is 37.6 Å². The van der Waals surface area contributed by atoms with Crippen LogP contribution < -0.4 is 15.4 Å². The minimum atomic E-state index is -0.436. The average molecular weight is 373 g/mol. The number of carbonyl (C=O) groups is 2. The normalized spacial score (nSPS) is 16.3. The molecule has 2 aromatic rings. The van der Waals surface area contributed by atoms with Crippen molar-refractivity contribution in [3.8, 4) is 5.75 Å². The summed E-state index contributed by atoms with van der Waals surface area (Å²) in [6, 6.07) is 10.5. The van der Waals surface area contributed by atoms with Gasteiger partial charge in [0.2, 0.25) is 5.91 Å². The van der Waals surface area contributed by atoms with E-state index in [1.807, 2.05) is 42.6 Å². The van der Waals surface area contributed by atoms with Crippen molar-refractivity contribution in [2.75, 3.05) is 18.5 Å². The van der Waals surface area contributed by atoms with Gasteiger partial charge < -0.3 is 20.3 Å². The molecule has 7 heteroatoms. The van der Waals surface area contributed by atoms with E-state index in [4.69, 9.17) is 4.74 Å². The maximum Gasteiger partial charge on any atom is 0.322 e. The zero-order valence-corrected chi connectivity index (χ0v) is 15.6. The molecule has 0 aliphatic carbocycles. The standard InChI is InChI=1S/C19H23N3O3S/c1-2-25-17-10-4-3-8-15(17)21-19(24)22-11-5-9-16(22)18(23)20-13-14-7-6-12-26-14/h3-4,6-8,10,12,16H,2,5,9,11,13H2,1H3,(H,20,23)(H,21,24)/t16-/m1/s1. The fourth-order valence-corrected chi connectivity index (χ4v) is 3.67. The van der Waals surface area contributed by atoms with Gasteiger partial charge in [0.05, 0.1) is 18.8 Å². The molecule has 0 radical (unpaired) electrons. The lowest BCUT2D eigenvalue weighted by Gasteiger charge is -2.24. The summed E-state index contributed by atoms with van der Waals surface area (Å²) in [5, 5.41) is 7.79. The molecule has 0 unspecified atom stereocenters. The molecule has 2 N–H and O–H groups in total. The summed E-state index contributed by atoms with van der Waals surface area (Å²) < 4.78 is 5.54. The number of ether oxygens (including phenoxy) is 1. The lowest BCUT2D eigenvalue weighted by molar-refractivity contribution is -0.124. The largest absolute Gasteiger partial charge is 0.492 e. The fourth-order valence-electron chi connectivity index (χ4n) is 3.03. The van der Waals surface area contributed by atoms with Crippen LogP contribution >= 0.6 is 11.3 Å². The molecule has 1 aliphatic heterocycles. The van der Waals surface area contributed by atoms with Crippen molar-refractivity contribution in [2.24, 2.45) is 0 Å². The van der Waals surface area contributed by atoms with Crippen LogP contribution in [0.1, 0.15) is 24.6 Å². The second-order valence-electron chi connectivity index (χ2n) is 6.01. The molecule has 1 aliphatic rings. The van der Waals surface area contributed by atoms with E-state index in [2.05, 4.69) is 10.6 Å². The van der Waals surface area contributed by atoms with Crippen molar-refractivity contribution in [1.29, 1.82) is 0 Å².